The van der Waals surface area contributed by atoms with Crippen molar-refractivity contribution in [3.8, 4) is 0 Å². The van der Waals surface area contributed by atoms with Crippen molar-refractivity contribution in [1.82, 2.24) is 0 Å². The number of hydrogen-bond donors (Lipinski definition) is 0. The standard InChI is InChI=1S/C5H6Br3PS/c6-9(7,8)5-3-1-2-4-10-5/h1-5,9H. The van der Waals surface area contributed by atoms with Crippen LogP contribution in [-0.2, 0) is 0 Å². The average molecular weight is 369 g/mol. The molecule has 1 unspecified atom stereocenters. The SMILES string of the molecule is Br[PH](Br)(Br)C1C=CC=CS1. The third kappa shape index (κ3) is 2.98. The van der Waals surface area contributed by atoms with Gasteiger partial charge in [0.15, 0.2) is 0 Å². The summed E-state index contributed by atoms with van der Waals surface area (Å²) in [6, 6.07) is 0. The molecule has 0 radical (unpaired) electrons. The van der Waals surface area contributed by atoms with Gasteiger partial charge in [-0.15, -0.1) is 0 Å². The van der Waals surface area contributed by atoms with Gasteiger partial charge in [0.25, 0.3) is 0 Å². The van der Waals surface area contributed by atoms with Crippen molar-refractivity contribution in [1.29, 1.82) is 0 Å². The van der Waals surface area contributed by atoms with E-state index in [1.165, 1.54) is 0 Å². The van der Waals surface area contributed by atoms with E-state index in [1.807, 2.05) is 17.8 Å². The Hall–Kier alpha value is 1.70. The summed E-state index contributed by atoms with van der Waals surface area (Å²) in [6.07, 6.45) is 6.32. The van der Waals surface area contributed by atoms with Crippen molar-refractivity contribution in [3.05, 3.63) is 23.6 Å². The molecule has 1 aliphatic heterocycles. The first-order valence-corrected chi connectivity index (χ1v) is 12.5. The molecule has 0 amide bonds. The van der Waals surface area contributed by atoms with Gasteiger partial charge in [0.1, 0.15) is 0 Å². The van der Waals surface area contributed by atoms with Crippen LogP contribution in [0.2, 0.25) is 0 Å². The zero-order valence-corrected chi connectivity index (χ0v) is 11.5. The van der Waals surface area contributed by atoms with Crippen LogP contribution in [0.5, 0.6) is 0 Å². The summed E-state index contributed by atoms with van der Waals surface area (Å²) in [5.41, 5.74) is 0. The number of thioether (sulfide) groups is 1. The second-order valence-corrected chi connectivity index (χ2v) is 25.8. The van der Waals surface area contributed by atoms with E-state index in [9.17, 15) is 0 Å². The van der Waals surface area contributed by atoms with Gasteiger partial charge in [-0.2, -0.15) is 0 Å². The summed E-state index contributed by atoms with van der Waals surface area (Å²) in [5, 5.41) is 2.11. The van der Waals surface area contributed by atoms with Crippen LogP contribution in [-0.4, -0.2) is 4.99 Å². The van der Waals surface area contributed by atoms with Crippen LogP contribution >= 0.6 is 61.6 Å². The molecule has 0 bridgehead atoms. The first kappa shape index (κ1) is 9.79. The Morgan fingerprint density at radius 1 is 1.20 bits per heavy atom. The van der Waals surface area contributed by atoms with Gasteiger partial charge in [-0.1, -0.05) is 0 Å². The van der Waals surface area contributed by atoms with Crippen LogP contribution in [0, 0.1) is 0 Å². The molecular formula is C5H6Br3PS. The van der Waals surface area contributed by atoms with Crippen LogP contribution in [0.3, 0.4) is 0 Å². The van der Waals surface area contributed by atoms with Crippen LogP contribution < -0.4 is 0 Å². The molecule has 0 fully saturated rings. The van der Waals surface area contributed by atoms with Crippen molar-refractivity contribution in [2.75, 3.05) is 0 Å². The van der Waals surface area contributed by atoms with E-state index in [-0.39, 0.29) is 0 Å². The Kier molecular flexibility index (Phi) is 4.00. The van der Waals surface area contributed by atoms with Crippen LogP contribution in [0.1, 0.15) is 0 Å². The Morgan fingerprint density at radius 3 is 2.20 bits per heavy atom. The molecule has 1 atom stereocenters. The molecule has 0 saturated carbocycles. The fraction of sp³-hybridized carbons (Fsp3) is 0.200. The summed E-state index contributed by atoms with van der Waals surface area (Å²) < 4.78 is -1.49. The normalized spacial score (nSPS) is 26.9. The Balaban J connectivity index is 2.60. The molecule has 5 heteroatoms. The van der Waals surface area contributed by atoms with E-state index in [4.69, 9.17) is 0 Å². The van der Waals surface area contributed by atoms with E-state index < -0.39 is 3.37 Å². The summed E-state index contributed by atoms with van der Waals surface area (Å²) >= 11 is 12.6. The van der Waals surface area contributed by atoms with Crippen LogP contribution in [0.25, 0.3) is 0 Å². The molecule has 1 aliphatic rings. The zero-order chi connectivity index (χ0) is 7.61. The molecule has 0 aromatic carbocycles. The molecule has 0 aromatic rings. The van der Waals surface area contributed by atoms with Gasteiger partial charge in [-0.25, -0.2) is 0 Å². The van der Waals surface area contributed by atoms with E-state index in [0.29, 0.717) is 4.99 Å². The van der Waals surface area contributed by atoms with Gasteiger partial charge < -0.3 is 0 Å². The maximum absolute atomic E-state index is 3.61. The van der Waals surface area contributed by atoms with Gasteiger partial charge in [0, 0.05) is 0 Å². The molecule has 0 spiro atoms. The zero-order valence-electron chi connectivity index (χ0n) is 4.93. The summed E-state index contributed by atoms with van der Waals surface area (Å²) in [6.45, 7) is 0. The molecule has 1 heterocycles. The number of halogens is 3. The van der Waals surface area contributed by atoms with E-state index in [2.05, 4.69) is 64.0 Å². The third-order valence-electron chi connectivity index (χ3n) is 1.02. The molecule has 10 heavy (non-hydrogen) atoms. The fourth-order valence-electron chi connectivity index (χ4n) is 0.572. The first-order chi connectivity index (χ1) is 4.61. The Labute approximate surface area is 89.5 Å². The molecular weight excluding hydrogens is 363 g/mol. The number of hydrogen-bond acceptors (Lipinski definition) is 1. The van der Waals surface area contributed by atoms with E-state index >= 15 is 0 Å². The topological polar surface area (TPSA) is 0 Å². The van der Waals surface area contributed by atoms with Crippen molar-refractivity contribution >= 4 is 61.6 Å². The average Bonchev–Trinajstić information content (AvgIpc) is 1.88. The number of rotatable bonds is 1. The molecule has 0 N–H and O–H groups in total. The van der Waals surface area contributed by atoms with Crippen molar-refractivity contribution < 1.29 is 0 Å². The molecule has 0 aromatic heterocycles. The van der Waals surface area contributed by atoms with Crippen LogP contribution in [0.15, 0.2) is 23.6 Å². The molecule has 0 nitrogen and oxygen atoms in total. The predicted molar refractivity (Wildman–Crippen MR) is 64.8 cm³/mol. The van der Waals surface area contributed by atoms with Gasteiger partial charge in [-0.05, 0) is 0 Å². The summed E-state index contributed by atoms with van der Waals surface area (Å²) in [5.74, 6) is 0. The second-order valence-electron chi connectivity index (χ2n) is 1.81. The van der Waals surface area contributed by atoms with E-state index in [1.54, 1.807) is 0 Å². The fourth-order valence-corrected chi connectivity index (χ4v) is 6.57. The maximum atomic E-state index is 3.61. The van der Waals surface area contributed by atoms with Crippen molar-refractivity contribution in [3.63, 3.8) is 0 Å². The summed E-state index contributed by atoms with van der Waals surface area (Å²) in [7, 11) is 0. The minimum absolute atomic E-state index is 0.539. The Morgan fingerprint density at radius 2 is 1.90 bits per heavy atom. The molecule has 1 rings (SSSR count). The predicted octanol–water partition coefficient (Wildman–Crippen LogP) is 4.81. The van der Waals surface area contributed by atoms with Gasteiger partial charge in [-0.3, -0.25) is 0 Å². The van der Waals surface area contributed by atoms with Crippen molar-refractivity contribution in [2.24, 2.45) is 0 Å². The van der Waals surface area contributed by atoms with Gasteiger partial charge >= 0.3 is 90.2 Å². The molecule has 58 valence electrons. The second kappa shape index (κ2) is 4.08. The summed E-state index contributed by atoms with van der Waals surface area (Å²) in [4.78, 5) is 0.539. The van der Waals surface area contributed by atoms with Crippen molar-refractivity contribution in [2.45, 2.75) is 4.99 Å². The first-order valence-electron chi connectivity index (χ1n) is 2.66. The van der Waals surface area contributed by atoms with Gasteiger partial charge in [0.05, 0.1) is 0 Å². The Bertz CT molecular complexity index is 172. The number of allylic oxidation sites excluding steroid dienone is 2. The van der Waals surface area contributed by atoms with Crippen LogP contribution in [0.4, 0.5) is 0 Å². The van der Waals surface area contributed by atoms with E-state index in [0.717, 1.165) is 0 Å². The third-order valence-corrected chi connectivity index (χ3v) is 11.3. The molecule has 0 aliphatic carbocycles. The van der Waals surface area contributed by atoms with Gasteiger partial charge in [0.2, 0.25) is 0 Å². The monoisotopic (exact) mass is 366 g/mol. The quantitative estimate of drug-likeness (QED) is 0.598. The molecule has 0 saturated heterocycles. The minimum atomic E-state index is -1.49.